The quantitative estimate of drug-likeness (QED) is 0.485. The lowest BCUT2D eigenvalue weighted by molar-refractivity contribution is -0.156. The molecule has 0 spiro atoms. The maximum atomic E-state index is 12.6. The van der Waals surface area contributed by atoms with Crippen LogP contribution >= 0.6 is 0 Å². The summed E-state index contributed by atoms with van der Waals surface area (Å²) < 4.78 is 11.2. The molecule has 0 saturated heterocycles. The molecule has 1 atom stereocenters. The Hall–Kier alpha value is -3.67. The van der Waals surface area contributed by atoms with E-state index < -0.39 is 11.5 Å². The molecule has 0 bridgehead atoms. The second-order valence-corrected chi connectivity index (χ2v) is 9.46. The highest BCUT2D eigenvalue weighted by Crippen LogP contribution is 2.44. The summed E-state index contributed by atoms with van der Waals surface area (Å²) in [6, 6.07) is 20.0. The number of ether oxygens (including phenoxy) is 2. The van der Waals surface area contributed by atoms with Crippen molar-refractivity contribution in [2.75, 3.05) is 18.5 Å². The molecule has 3 aromatic rings. The van der Waals surface area contributed by atoms with E-state index >= 15 is 0 Å². The fourth-order valence-electron chi connectivity index (χ4n) is 4.25. The van der Waals surface area contributed by atoms with E-state index in [4.69, 9.17) is 9.47 Å². The van der Waals surface area contributed by atoms with E-state index in [9.17, 15) is 9.59 Å². The lowest BCUT2D eigenvalue weighted by atomic mass is 9.98. The largest absolute Gasteiger partial charge is 0.463 e. The molecule has 6 heteroatoms. The van der Waals surface area contributed by atoms with Crippen molar-refractivity contribution in [3.8, 4) is 11.1 Å². The predicted octanol–water partition coefficient (Wildman–Crippen LogP) is 5.29. The SMILES string of the molecule is CC(C(=O)OC(C)(C)C)c1ncccc1NCC(=O)OCC1c2ccccc2-c2ccccc21. The van der Waals surface area contributed by atoms with Gasteiger partial charge in [-0.25, -0.2) is 0 Å². The third-order valence-corrected chi connectivity index (χ3v) is 5.81. The van der Waals surface area contributed by atoms with Crippen LogP contribution in [0.1, 0.15) is 56.4 Å². The number of esters is 2. The minimum Gasteiger partial charge on any atom is -0.463 e. The van der Waals surface area contributed by atoms with Crippen molar-refractivity contribution in [2.24, 2.45) is 0 Å². The molecule has 1 N–H and O–H groups in total. The van der Waals surface area contributed by atoms with E-state index in [1.54, 1.807) is 25.3 Å². The number of carbonyl (C=O) groups excluding carboxylic acids is 2. The summed E-state index contributed by atoms with van der Waals surface area (Å²) in [5.74, 6) is -1.31. The second-order valence-electron chi connectivity index (χ2n) is 9.46. The standard InChI is InChI=1S/C28H30N2O4/c1-18(27(32)34-28(2,3)4)26-24(14-9-15-29-26)30-16-25(31)33-17-23-21-12-7-5-10-19(21)20-11-6-8-13-22(20)23/h5-15,18,23,30H,16-17H2,1-4H3. The number of hydrogen-bond acceptors (Lipinski definition) is 6. The highest BCUT2D eigenvalue weighted by molar-refractivity contribution is 5.81. The van der Waals surface area contributed by atoms with Gasteiger partial charge in [0.1, 0.15) is 18.8 Å². The molecule has 1 aliphatic carbocycles. The smallest absolute Gasteiger partial charge is 0.325 e. The average Bonchev–Trinajstić information content (AvgIpc) is 3.14. The molecule has 0 saturated carbocycles. The van der Waals surface area contributed by atoms with Gasteiger partial charge < -0.3 is 14.8 Å². The third kappa shape index (κ3) is 5.11. The minimum absolute atomic E-state index is 0.0116. The topological polar surface area (TPSA) is 77.5 Å². The predicted molar refractivity (Wildman–Crippen MR) is 132 cm³/mol. The number of rotatable bonds is 7. The number of nitrogens with one attached hydrogen (secondary N) is 1. The highest BCUT2D eigenvalue weighted by Gasteiger charge is 2.29. The van der Waals surface area contributed by atoms with Crippen LogP contribution in [0, 0.1) is 0 Å². The molecular weight excluding hydrogens is 428 g/mol. The number of anilines is 1. The van der Waals surface area contributed by atoms with E-state index in [0.29, 0.717) is 11.4 Å². The van der Waals surface area contributed by atoms with Crippen LogP contribution in [0.3, 0.4) is 0 Å². The lowest BCUT2D eigenvalue weighted by Gasteiger charge is -2.23. The summed E-state index contributed by atoms with van der Waals surface area (Å²) in [7, 11) is 0. The van der Waals surface area contributed by atoms with Gasteiger partial charge in [0.2, 0.25) is 0 Å². The normalized spacial score (nSPS) is 13.5. The van der Waals surface area contributed by atoms with Crippen molar-refractivity contribution in [3.63, 3.8) is 0 Å². The average molecular weight is 459 g/mol. The van der Waals surface area contributed by atoms with Crippen LogP contribution in [0.5, 0.6) is 0 Å². The molecule has 1 aromatic heterocycles. The minimum atomic E-state index is -0.588. The fourth-order valence-corrected chi connectivity index (χ4v) is 4.25. The van der Waals surface area contributed by atoms with Gasteiger partial charge in [-0.15, -0.1) is 0 Å². The van der Waals surface area contributed by atoms with Crippen LogP contribution in [0.25, 0.3) is 11.1 Å². The van der Waals surface area contributed by atoms with Gasteiger partial charge in [0.15, 0.2) is 0 Å². The van der Waals surface area contributed by atoms with Crippen molar-refractivity contribution in [3.05, 3.63) is 83.7 Å². The lowest BCUT2D eigenvalue weighted by Crippen LogP contribution is -2.28. The van der Waals surface area contributed by atoms with Crippen molar-refractivity contribution in [2.45, 2.75) is 45.1 Å². The number of pyridine rings is 1. The molecule has 0 amide bonds. The summed E-state index contributed by atoms with van der Waals surface area (Å²) in [4.78, 5) is 29.5. The number of benzene rings is 2. The molecule has 4 rings (SSSR count). The Morgan fingerprint density at radius 1 is 0.971 bits per heavy atom. The fraction of sp³-hybridized carbons (Fsp3) is 0.321. The Labute approximate surface area is 200 Å². The molecule has 34 heavy (non-hydrogen) atoms. The molecule has 1 aliphatic rings. The van der Waals surface area contributed by atoms with E-state index in [1.807, 2.05) is 45.0 Å². The maximum Gasteiger partial charge on any atom is 0.325 e. The van der Waals surface area contributed by atoms with Crippen LogP contribution < -0.4 is 5.32 Å². The van der Waals surface area contributed by atoms with Gasteiger partial charge >= 0.3 is 11.9 Å². The van der Waals surface area contributed by atoms with E-state index in [2.05, 4.69) is 34.6 Å². The molecule has 2 aromatic carbocycles. The summed E-state index contributed by atoms with van der Waals surface area (Å²) in [6.07, 6.45) is 1.62. The summed E-state index contributed by atoms with van der Waals surface area (Å²) in [5.41, 5.74) is 5.27. The Morgan fingerprint density at radius 2 is 1.59 bits per heavy atom. The van der Waals surface area contributed by atoms with Crippen molar-refractivity contribution < 1.29 is 19.1 Å². The van der Waals surface area contributed by atoms with Crippen molar-refractivity contribution >= 4 is 17.6 Å². The van der Waals surface area contributed by atoms with Crippen LogP contribution in [0.15, 0.2) is 66.9 Å². The molecule has 0 radical (unpaired) electrons. The van der Waals surface area contributed by atoms with Crippen LogP contribution in [0.2, 0.25) is 0 Å². The Morgan fingerprint density at radius 3 is 2.21 bits per heavy atom. The number of fused-ring (bicyclic) bond motifs is 3. The number of nitrogens with zero attached hydrogens (tertiary/aromatic N) is 1. The molecule has 6 nitrogen and oxygen atoms in total. The monoisotopic (exact) mass is 458 g/mol. The zero-order valence-corrected chi connectivity index (χ0v) is 20.0. The Balaban J connectivity index is 1.39. The number of carbonyl (C=O) groups is 2. The first-order chi connectivity index (χ1) is 16.2. The van der Waals surface area contributed by atoms with Crippen LogP contribution in [-0.4, -0.2) is 35.7 Å². The zero-order chi connectivity index (χ0) is 24.3. The second kappa shape index (κ2) is 9.67. The van der Waals surface area contributed by atoms with E-state index in [1.165, 1.54) is 22.3 Å². The van der Waals surface area contributed by atoms with Crippen molar-refractivity contribution in [1.29, 1.82) is 0 Å². The number of aromatic nitrogens is 1. The maximum absolute atomic E-state index is 12.6. The van der Waals surface area contributed by atoms with Crippen molar-refractivity contribution in [1.82, 2.24) is 4.98 Å². The van der Waals surface area contributed by atoms with Crippen LogP contribution in [0.4, 0.5) is 5.69 Å². The first kappa shape index (κ1) is 23.5. The molecule has 1 unspecified atom stereocenters. The first-order valence-corrected chi connectivity index (χ1v) is 11.5. The highest BCUT2D eigenvalue weighted by atomic mass is 16.6. The van der Waals surface area contributed by atoms with Gasteiger partial charge in [0.05, 0.1) is 17.3 Å². The van der Waals surface area contributed by atoms with E-state index in [-0.39, 0.29) is 31.0 Å². The van der Waals surface area contributed by atoms with E-state index in [0.717, 1.165) is 0 Å². The van der Waals surface area contributed by atoms with Crippen LogP contribution in [-0.2, 0) is 19.1 Å². The molecular formula is C28H30N2O4. The van der Waals surface area contributed by atoms with Gasteiger partial charge in [0, 0.05) is 12.1 Å². The summed E-state index contributed by atoms with van der Waals surface area (Å²) in [5, 5.41) is 3.08. The zero-order valence-electron chi connectivity index (χ0n) is 20.0. The van der Waals surface area contributed by atoms with Gasteiger partial charge in [-0.05, 0) is 62.1 Å². The molecule has 0 aliphatic heterocycles. The Bertz CT molecular complexity index is 1150. The number of hydrogen-bond donors (Lipinski definition) is 1. The van der Waals surface area contributed by atoms with Gasteiger partial charge in [-0.2, -0.15) is 0 Å². The van der Waals surface area contributed by atoms with Gasteiger partial charge in [-0.3, -0.25) is 14.6 Å². The van der Waals surface area contributed by atoms with Gasteiger partial charge in [-0.1, -0.05) is 48.5 Å². The molecule has 0 fully saturated rings. The summed E-state index contributed by atoms with van der Waals surface area (Å²) in [6.45, 7) is 7.46. The summed E-state index contributed by atoms with van der Waals surface area (Å²) >= 11 is 0. The first-order valence-electron chi connectivity index (χ1n) is 11.5. The van der Waals surface area contributed by atoms with Gasteiger partial charge in [0.25, 0.3) is 0 Å². The molecule has 176 valence electrons. The third-order valence-electron chi connectivity index (χ3n) is 5.81. The molecule has 1 heterocycles. The Kier molecular flexibility index (Phi) is 6.68.